The fourth-order valence-electron chi connectivity index (χ4n) is 2.03. The average molecular weight is 399 g/mol. The summed E-state index contributed by atoms with van der Waals surface area (Å²) in [7, 11) is 0. The molecule has 0 radical (unpaired) electrons. The van der Waals surface area contributed by atoms with Gasteiger partial charge in [-0.25, -0.2) is 0 Å². The molecule has 0 aromatic heterocycles. The maximum Gasteiger partial charge on any atom is 0.224 e. The second-order valence-electron chi connectivity index (χ2n) is 5.54. The molecule has 3 nitrogen and oxygen atoms in total. The number of aliphatic imine (C=N–C) groups is 1. The molecule has 0 atom stereocenters. The monoisotopic (exact) mass is 398 g/mol. The number of benzene rings is 3. The molecular weight excluding hydrogens is 379 g/mol. The Balaban J connectivity index is 0.000000194. The molecular formula is C22H20Cl2N2O. The van der Waals surface area contributed by atoms with Gasteiger partial charge in [-0.2, -0.15) is 0 Å². The van der Waals surface area contributed by atoms with Crippen LogP contribution in [0.5, 0.6) is 0 Å². The van der Waals surface area contributed by atoms with Gasteiger partial charge >= 0.3 is 0 Å². The predicted molar refractivity (Wildman–Crippen MR) is 116 cm³/mol. The number of hydrogen-bond donors (Lipinski definition) is 1. The highest BCUT2D eigenvalue weighted by molar-refractivity contribution is 6.42. The first-order valence-electron chi connectivity index (χ1n) is 8.47. The van der Waals surface area contributed by atoms with Crippen LogP contribution in [0.4, 0.5) is 11.4 Å². The van der Waals surface area contributed by atoms with Crippen LogP contribution in [-0.2, 0) is 4.79 Å². The van der Waals surface area contributed by atoms with E-state index in [1.807, 2.05) is 66.9 Å². The van der Waals surface area contributed by atoms with Crippen LogP contribution in [0.2, 0.25) is 10.0 Å². The van der Waals surface area contributed by atoms with Crippen LogP contribution in [0, 0.1) is 0 Å². The smallest absolute Gasteiger partial charge is 0.224 e. The van der Waals surface area contributed by atoms with Crippen molar-refractivity contribution in [3.8, 4) is 0 Å². The maximum absolute atomic E-state index is 11.0. The van der Waals surface area contributed by atoms with Gasteiger partial charge in [0.15, 0.2) is 0 Å². The molecule has 0 aliphatic rings. The molecule has 3 aromatic carbocycles. The Morgan fingerprint density at radius 2 is 1.56 bits per heavy atom. The van der Waals surface area contributed by atoms with E-state index in [0.717, 1.165) is 11.3 Å². The van der Waals surface area contributed by atoms with Gasteiger partial charge in [-0.15, -0.1) is 0 Å². The van der Waals surface area contributed by atoms with Crippen LogP contribution in [0.3, 0.4) is 0 Å². The van der Waals surface area contributed by atoms with Crippen LogP contribution in [0.25, 0.3) is 0 Å². The third kappa shape index (κ3) is 7.65. The Morgan fingerprint density at radius 1 is 0.926 bits per heavy atom. The molecule has 0 fully saturated rings. The Hall–Kier alpha value is -2.62. The van der Waals surface area contributed by atoms with Gasteiger partial charge in [-0.05, 0) is 35.9 Å². The Morgan fingerprint density at radius 3 is 2.15 bits per heavy atom. The van der Waals surface area contributed by atoms with E-state index < -0.39 is 0 Å². The molecule has 0 spiro atoms. The Bertz CT molecular complexity index is 840. The number of para-hydroxylation sites is 1. The summed E-state index contributed by atoms with van der Waals surface area (Å²) in [4.78, 5) is 15.3. The Labute approximate surface area is 169 Å². The van der Waals surface area contributed by atoms with Crippen molar-refractivity contribution in [2.24, 2.45) is 4.99 Å². The van der Waals surface area contributed by atoms with Gasteiger partial charge in [0.1, 0.15) is 0 Å². The van der Waals surface area contributed by atoms with E-state index in [2.05, 4.69) is 10.3 Å². The summed E-state index contributed by atoms with van der Waals surface area (Å²) in [5.74, 6) is -0.0432. The molecule has 1 N–H and O–H groups in total. The van der Waals surface area contributed by atoms with E-state index in [0.29, 0.717) is 22.2 Å². The van der Waals surface area contributed by atoms with Crippen molar-refractivity contribution in [1.82, 2.24) is 0 Å². The molecule has 0 bridgehead atoms. The molecule has 27 heavy (non-hydrogen) atoms. The second kappa shape index (κ2) is 11.2. The van der Waals surface area contributed by atoms with E-state index in [9.17, 15) is 4.79 Å². The van der Waals surface area contributed by atoms with Crippen molar-refractivity contribution < 1.29 is 4.79 Å². The van der Waals surface area contributed by atoms with Crippen LogP contribution in [0.1, 0.15) is 18.9 Å². The summed E-state index contributed by atoms with van der Waals surface area (Å²) in [6.45, 7) is 1.78. The van der Waals surface area contributed by atoms with Gasteiger partial charge < -0.3 is 5.32 Å². The molecule has 1 amide bonds. The van der Waals surface area contributed by atoms with Crippen molar-refractivity contribution >= 4 is 46.7 Å². The quantitative estimate of drug-likeness (QED) is 0.483. The first-order chi connectivity index (χ1) is 13.1. The topological polar surface area (TPSA) is 41.5 Å². The second-order valence-corrected chi connectivity index (χ2v) is 6.35. The first kappa shape index (κ1) is 20.7. The van der Waals surface area contributed by atoms with E-state index in [1.165, 1.54) is 0 Å². The van der Waals surface area contributed by atoms with E-state index in [-0.39, 0.29) is 5.91 Å². The van der Waals surface area contributed by atoms with Gasteiger partial charge in [-0.3, -0.25) is 9.79 Å². The van der Waals surface area contributed by atoms with E-state index in [4.69, 9.17) is 23.2 Å². The van der Waals surface area contributed by atoms with Crippen molar-refractivity contribution in [1.29, 1.82) is 0 Å². The molecule has 3 rings (SSSR count). The third-order valence-electron chi connectivity index (χ3n) is 3.44. The van der Waals surface area contributed by atoms with Gasteiger partial charge in [0.25, 0.3) is 0 Å². The normalized spacial score (nSPS) is 10.2. The van der Waals surface area contributed by atoms with Gasteiger partial charge in [0.2, 0.25) is 5.91 Å². The summed E-state index contributed by atoms with van der Waals surface area (Å²) in [5.41, 5.74) is 2.77. The highest BCUT2D eigenvalue weighted by Gasteiger charge is 2.01. The van der Waals surface area contributed by atoms with Crippen LogP contribution >= 0.6 is 23.2 Å². The molecule has 3 aromatic rings. The standard InChI is InChI=1S/C13H11N.C9H9Cl2NO/c1-3-7-12(8-4-1)11-14-13-9-5-2-6-10-13;1-2-9(13)12-6-3-4-7(10)8(11)5-6/h1-11H;3-5H,2H2,1H3,(H,12,13)/b14-11+;. The zero-order valence-corrected chi connectivity index (χ0v) is 16.4. The molecule has 5 heteroatoms. The first-order valence-corrected chi connectivity index (χ1v) is 9.23. The molecule has 0 heterocycles. The minimum atomic E-state index is -0.0432. The van der Waals surface area contributed by atoms with E-state index in [1.54, 1.807) is 25.1 Å². The zero-order chi connectivity index (χ0) is 19.5. The van der Waals surface area contributed by atoms with Crippen LogP contribution in [0.15, 0.2) is 83.9 Å². The van der Waals surface area contributed by atoms with Crippen LogP contribution in [-0.4, -0.2) is 12.1 Å². The molecule has 138 valence electrons. The van der Waals surface area contributed by atoms with Crippen molar-refractivity contribution in [2.45, 2.75) is 13.3 Å². The van der Waals surface area contributed by atoms with Crippen molar-refractivity contribution in [3.05, 3.63) is 94.5 Å². The summed E-state index contributed by atoms with van der Waals surface area (Å²) < 4.78 is 0. The predicted octanol–water partition coefficient (Wildman–Crippen LogP) is 6.78. The van der Waals surface area contributed by atoms with E-state index >= 15 is 0 Å². The minimum absolute atomic E-state index is 0.0432. The van der Waals surface area contributed by atoms with Gasteiger partial charge in [0.05, 0.1) is 15.7 Å². The highest BCUT2D eigenvalue weighted by atomic mass is 35.5. The van der Waals surface area contributed by atoms with Gasteiger partial charge in [0, 0.05) is 18.3 Å². The number of rotatable bonds is 4. The minimum Gasteiger partial charge on any atom is -0.326 e. The number of halogens is 2. The highest BCUT2D eigenvalue weighted by Crippen LogP contribution is 2.24. The zero-order valence-electron chi connectivity index (χ0n) is 14.9. The molecule has 0 aliphatic heterocycles. The molecule has 0 aliphatic carbocycles. The Kier molecular flexibility index (Phi) is 8.56. The summed E-state index contributed by atoms with van der Waals surface area (Å²) in [5, 5.41) is 3.60. The summed E-state index contributed by atoms with van der Waals surface area (Å²) in [6.07, 6.45) is 2.32. The lowest BCUT2D eigenvalue weighted by Gasteiger charge is -2.04. The lowest BCUT2D eigenvalue weighted by molar-refractivity contribution is -0.115. The van der Waals surface area contributed by atoms with Gasteiger partial charge in [-0.1, -0.05) is 78.7 Å². The van der Waals surface area contributed by atoms with Crippen molar-refractivity contribution in [2.75, 3.05) is 5.32 Å². The number of nitrogens with one attached hydrogen (secondary N) is 1. The van der Waals surface area contributed by atoms with Crippen LogP contribution < -0.4 is 5.32 Å². The maximum atomic E-state index is 11.0. The molecule has 0 unspecified atom stereocenters. The average Bonchev–Trinajstić information content (AvgIpc) is 2.71. The number of carbonyl (C=O) groups is 1. The number of anilines is 1. The number of nitrogens with zero attached hydrogens (tertiary/aromatic N) is 1. The lowest BCUT2D eigenvalue weighted by Crippen LogP contribution is -2.09. The largest absolute Gasteiger partial charge is 0.326 e. The number of carbonyl (C=O) groups excluding carboxylic acids is 1. The number of hydrogen-bond acceptors (Lipinski definition) is 2. The third-order valence-corrected chi connectivity index (χ3v) is 4.18. The summed E-state index contributed by atoms with van der Waals surface area (Å²) in [6, 6.07) is 25.0. The molecule has 0 saturated heterocycles. The molecule has 0 saturated carbocycles. The van der Waals surface area contributed by atoms with Crippen molar-refractivity contribution in [3.63, 3.8) is 0 Å². The fourth-order valence-corrected chi connectivity index (χ4v) is 2.32. The fraction of sp³-hybridized carbons (Fsp3) is 0.0909. The number of amides is 1. The SMILES string of the molecule is C(=N\c1ccccc1)/c1ccccc1.CCC(=O)Nc1ccc(Cl)c(Cl)c1. The summed E-state index contributed by atoms with van der Waals surface area (Å²) >= 11 is 11.5. The lowest BCUT2D eigenvalue weighted by atomic mass is 10.2.